The average molecular weight is 255 g/mol. The second kappa shape index (κ2) is 5.74. The standard InChI is InChI=1S/C14H19ClO2/c1-10(16)13-8-12(15)6-7-14(13)17-9-11-4-2-3-5-11/h6-8,10-11,16H,2-5,9H2,1H3/t10-/m1/s1. The first-order valence-corrected chi connectivity index (χ1v) is 6.65. The molecule has 1 N–H and O–H groups in total. The van der Waals surface area contributed by atoms with E-state index in [1.54, 1.807) is 19.1 Å². The highest BCUT2D eigenvalue weighted by molar-refractivity contribution is 6.30. The molecule has 0 amide bonds. The number of aliphatic hydroxyl groups excluding tert-OH is 1. The quantitative estimate of drug-likeness (QED) is 0.881. The molecule has 0 heterocycles. The minimum atomic E-state index is -0.549. The molecule has 0 radical (unpaired) electrons. The molecule has 1 aromatic rings. The summed E-state index contributed by atoms with van der Waals surface area (Å²) in [6.07, 6.45) is 4.61. The Hall–Kier alpha value is -0.730. The Balaban J connectivity index is 2.03. The summed E-state index contributed by atoms with van der Waals surface area (Å²) in [5, 5.41) is 10.3. The first-order chi connectivity index (χ1) is 8.16. The number of hydrogen-bond acceptors (Lipinski definition) is 2. The molecule has 0 bridgehead atoms. The van der Waals surface area contributed by atoms with Crippen molar-refractivity contribution in [1.29, 1.82) is 0 Å². The zero-order chi connectivity index (χ0) is 12.3. The summed E-state index contributed by atoms with van der Waals surface area (Å²) in [4.78, 5) is 0. The summed E-state index contributed by atoms with van der Waals surface area (Å²) in [6, 6.07) is 5.42. The van der Waals surface area contributed by atoms with Gasteiger partial charge in [-0.3, -0.25) is 0 Å². The van der Waals surface area contributed by atoms with Crippen LogP contribution >= 0.6 is 11.6 Å². The van der Waals surface area contributed by atoms with Gasteiger partial charge in [0.1, 0.15) is 5.75 Å². The molecular formula is C14H19ClO2. The molecule has 0 aliphatic heterocycles. The van der Waals surface area contributed by atoms with Crippen LogP contribution in [-0.2, 0) is 0 Å². The fourth-order valence-corrected chi connectivity index (χ4v) is 2.54. The van der Waals surface area contributed by atoms with E-state index in [1.807, 2.05) is 6.07 Å². The number of hydrogen-bond donors (Lipinski definition) is 1. The molecule has 1 aromatic carbocycles. The number of ether oxygens (including phenoxy) is 1. The van der Waals surface area contributed by atoms with Gasteiger partial charge in [-0.15, -0.1) is 0 Å². The van der Waals surface area contributed by atoms with Crippen molar-refractivity contribution in [3.63, 3.8) is 0 Å². The predicted octanol–water partition coefficient (Wildman–Crippen LogP) is 3.96. The molecule has 2 nitrogen and oxygen atoms in total. The Kier molecular flexibility index (Phi) is 4.30. The summed E-state index contributed by atoms with van der Waals surface area (Å²) in [6.45, 7) is 2.48. The number of rotatable bonds is 4. The lowest BCUT2D eigenvalue weighted by molar-refractivity contribution is 0.186. The zero-order valence-corrected chi connectivity index (χ0v) is 10.9. The van der Waals surface area contributed by atoms with E-state index < -0.39 is 6.10 Å². The van der Waals surface area contributed by atoms with Gasteiger partial charge in [0.15, 0.2) is 0 Å². The van der Waals surface area contributed by atoms with Gasteiger partial charge in [-0.05, 0) is 43.9 Å². The van der Waals surface area contributed by atoms with E-state index in [0.29, 0.717) is 10.9 Å². The maximum absolute atomic E-state index is 9.68. The van der Waals surface area contributed by atoms with Crippen LogP contribution in [0.5, 0.6) is 5.75 Å². The van der Waals surface area contributed by atoms with Gasteiger partial charge in [-0.2, -0.15) is 0 Å². The Bertz CT molecular complexity index is 370. The van der Waals surface area contributed by atoms with Crippen LogP contribution in [0.3, 0.4) is 0 Å². The second-order valence-electron chi connectivity index (χ2n) is 4.82. The maximum atomic E-state index is 9.68. The first kappa shape index (κ1) is 12.7. The Morgan fingerprint density at radius 1 is 1.41 bits per heavy atom. The molecule has 0 spiro atoms. The predicted molar refractivity (Wildman–Crippen MR) is 69.5 cm³/mol. The monoisotopic (exact) mass is 254 g/mol. The number of aliphatic hydroxyl groups is 1. The van der Waals surface area contributed by atoms with Crippen molar-refractivity contribution >= 4 is 11.6 Å². The SMILES string of the molecule is C[C@@H](O)c1cc(Cl)ccc1OCC1CCCC1. The molecule has 3 heteroatoms. The van der Waals surface area contributed by atoms with Crippen molar-refractivity contribution in [1.82, 2.24) is 0 Å². The van der Waals surface area contributed by atoms with E-state index in [4.69, 9.17) is 16.3 Å². The van der Waals surface area contributed by atoms with Gasteiger partial charge in [0, 0.05) is 10.6 Å². The normalized spacial score (nSPS) is 18.3. The molecule has 17 heavy (non-hydrogen) atoms. The van der Waals surface area contributed by atoms with Crippen molar-refractivity contribution in [2.24, 2.45) is 5.92 Å². The molecule has 1 atom stereocenters. The summed E-state index contributed by atoms with van der Waals surface area (Å²) in [5.41, 5.74) is 0.774. The minimum absolute atomic E-state index is 0.549. The molecule has 94 valence electrons. The lowest BCUT2D eigenvalue weighted by atomic mass is 10.1. The summed E-state index contributed by atoms with van der Waals surface area (Å²) in [5.74, 6) is 1.43. The van der Waals surface area contributed by atoms with Crippen molar-refractivity contribution < 1.29 is 9.84 Å². The van der Waals surface area contributed by atoms with Crippen LogP contribution in [0.2, 0.25) is 5.02 Å². The Morgan fingerprint density at radius 3 is 2.76 bits per heavy atom. The van der Waals surface area contributed by atoms with E-state index in [0.717, 1.165) is 17.9 Å². The highest BCUT2D eigenvalue weighted by atomic mass is 35.5. The second-order valence-corrected chi connectivity index (χ2v) is 5.26. The lowest BCUT2D eigenvalue weighted by Crippen LogP contribution is -2.09. The Morgan fingerprint density at radius 2 is 2.12 bits per heavy atom. The molecule has 1 saturated carbocycles. The zero-order valence-electron chi connectivity index (χ0n) is 10.2. The van der Waals surface area contributed by atoms with E-state index >= 15 is 0 Å². The number of benzene rings is 1. The smallest absolute Gasteiger partial charge is 0.125 e. The molecule has 1 fully saturated rings. The lowest BCUT2D eigenvalue weighted by Gasteiger charge is -2.16. The van der Waals surface area contributed by atoms with E-state index in [2.05, 4.69) is 0 Å². The van der Waals surface area contributed by atoms with Crippen LogP contribution in [0.4, 0.5) is 0 Å². The van der Waals surface area contributed by atoms with Crippen molar-refractivity contribution in [2.45, 2.75) is 38.7 Å². The summed E-state index contributed by atoms with van der Waals surface area (Å²) >= 11 is 5.92. The van der Waals surface area contributed by atoms with Gasteiger partial charge in [-0.25, -0.2) is 0 Å². The summed E-state index contributed by atoms with van der Waals surface area (Å²) < 4.78 is 5.82. The largest absolute Gasteiger partial charge is 0.493 e. The van der Waals surface area contributed by atoms with E-state index in [-0.39, 0.29) is 0 Å². The van der Waals surface area contributed by atoms with E-state index in [1.165, 1.54) is 25.7 Å². The van der Waals surface area contributed by atoms with Crippen LogP contribution in [0.25, 0.3) is 0 Å². The molecule has 1 aliphatic carbocycles. The van der Waals surface area contributed by atoms with Crippen molar-refractivity contribution in [2.75, 3.05) is 6.61 Å². The van der Waals surface area contributed by atoms with Gasteiger partial charge in [0.25, 0.3) is 0 Å². The van der Waals surface area contributed by atoms with Gasteiger partial charge < -0.3 is 9.84 Å². The van der Waals surface area contributed by atoms with Crippen molar-refractivity contribution in [3.8, 4) is 5.75 Å². The van der Waals surface area contributed by atoms with Crippen LogP contribution in [0.1, 0.15) is 44.3 Å². The van der Waals surface area contributed by atoms with E-state index in [9.17, 15) is 5.11 Å². The van der Waals surface area contributed by atoms with Gasteiger partial charge in [0.05, 0.1) is 12.7 Å². The molecular weight excluding hydrogens is 236 g/mol. The number of halogens is 1. The van der Waals surface area contributed by atoms with Gasteiger partial charge in [-0.1, -0.05) is 24.4 Å². The fourth-order valence-electron chi connectivity index (χ4n) is 2.36. The van der Waals surface area contributed by atoms with Gasteiger partial charge >= 0.3 is 0 Å². The highest BCUT2D eigenvalue weighted by Crippen LogP contribution is 2.30. The molecule has 0 saturated heterocycles. The molecule has 1 aliphatic rings. The maximum Gasteiger partial charge on any atom is 0.125 e. The molecule has 0 unspecified atom stereocenters. The summed E-state index contributed by atoms with van der Waals surface area (Å²) in [7, 11) is 0. The third-order valence-electron chi connectivity index (χ3n) is 3.37. The third-order valence-corrected chi connectivity index (χ3v) is 3.61. The highest BCUT2D eigenvalue weighted by Gasteiger charge is 2.17. The van der Waals surface area contributed by atoms with Crippen LogP contribution in [0.15, 0.2) is 18.2 Å². The Labute approximate surface area is 108 Å². The first-order valence-electron chi connectivity index (χ1n) is 6.27. The van der Waals surface area contributed by atoms with Gasteiger partial charge in [0.2, 0.25) is 0 Å². The van der Waals surface area contributed by atoms with Crippen molar-refractivity contribution in [3.05, 3.63) is 28.8 Å². The van der Waals surface area contributed by atoms with Crippen LogP contribution in [0, 0.1) is 5.92 Å². The topological polar surface area (TPSA) is 29.5 Å². The van der Waals surface area contributed by atoms with Crippen LogP contribution in [-0.4, -0.2) is 11.7 Å². The third kappa shape index (κ3) is 3.36. The van der Waals surface area contributed by atoms with Crippen LogP contribution < -0.4 is 4.74 Å². The minimum Gasteiger partial charge on any atom is -0.493 e. The molecule has 2 rings (SSSR count). The molecule has 0 aromatic heterocycles. The average Bonchev–Trinajstić information content (AvgIpc) is 2.80. The fraction of sp³-hybridized carbons (Fsp3) is 0.571.